The number of hydrogen-bond donors (Lipinski definition) is 1. The van der Waals surface area contributed by atoms with Gasteiger partial charge < -0.3 is 9.84 Å². The Morgan fingerprint density at radius 1 is 1.50 bits per heavy atom. The molecule has 1 aliphatic rings. The maximum absolute atomic E-state index is 11.6. The van der Waals surface area contributed by atoms with Gasteiger partial charge in [-0.15, -0.1) is 0 Å². The summed E-state index contributed by atoms with van der Waals surface area (Å²) in [6, 6.07) is 2.09. The minimum absolute atomic E-state index is 0.0549. The number of rotatable bonds is 2. The summed E-state index contributed by atoms with van der Waals surface area (Å²) >= 11 is 0. The number of esters is 1. The Labute approximate surface area is 106 Å². The number of fused-ring (bicyclic) bond motifs is 1. The first kappa shape index (κ1) is 14.3. The number of ether oxygens (including phenoxy) is 1. The zero-order chi connectivity index (χ0) is 13.7. The topological polar surface area (TPSA) is 68.5 Å². The third-order valence-corrected chi connectivity index (χ3v) is 2.68. The molecule has 1 aliphatic heterocycles. The highest BCUT2D eigenvalue weighted by Crippen LogP contribution is 2.26. The Balaban J connectivity index is 0.000000771. The summed E-state index contributed by atoms with van der Waals surface area (Å²) in [5.41, 5.74) is 0.327. The van der Waals surface area contributed by atoms with Crippen LogP contribution in [0.4, 0.5) is 0 Å². The Bertz CT molecular complexity index is 478. The monoisotopic (exact) mass is 253 g/mol. The molecular formula is C13H19NO4. The summed E-state index contributed by atoms with van der Waals surface area (Å²) in [5.74, 6) is -0.435. The van der Waals surface area contributed by atoms with Gasteiger partial charge in [-0.2, -0.15) is 0 Å². The molecule has 0 saturated heterocycles. The van der Waals surface area contributed by atoms with E-state index in [9.17, 15) is 14.7 Å². The van der Waals surface area contributed by atoms with Crippen molar-refractivity contribution in [2.45, 2.75) is 39.7 Å². The highest BCUT2D eigenvalue weighted by atomic mass is 16.5. The second-order valence-corrected chi connectivity index (χ2v) is 3.72. The van der Waals surface area contributed by atoms with Crippen LogP contribution in [0.3, 0.4) is 0 Å². The van der Waals surface area contributed by atoms with E-state index >= 15 is 0 Å². The third kappa shape index (κ3) is 2.72. The van der Waals surface area contributed by atoms with E-state index in [0.29, 0.717) is 25.1 Å². The van der Waals surface area contributed by atoms with Crippen molar-refractivity contribution in [3.8, 4) is 5.75 Å². The summed E-state index contributed by atoms with van der Waals surface area (Å²) in [6.07, 6.45) is 1.16. The second-order valence-electron chi connectivity index (χ2n) is 3.72. The zero-order valence-electron chi connectivity index (χ0n) is 11.0. The van der Waals surface area contributed by atoms with Crippen molar-refractivity contribution in [2.24, 2.45) is 0 Å². The summed E-state index contributed by atoms with van der Waals surface area (Å²) in [4.78, 5) is 23.2. The van der Waals surface area contributed by atoms with Gasteiger partial charge in [0.05, 0.1) is 6.61 Å². The van der Waals surface area contributed by atoms with Crippen LogP contribution in [0, 0.1) is 0 Å². The Hall–Kier alpha value is -1.78. The van der Waals surface area contributed by atoms with Crippen LogP contribution in [0.5, 0.6) is 5.75 Å². The van der Waals surface area contributed by atoms with E-state index < -0.39 is 6.04 Å². The molecule has 0 fully saturated rings. The molecule has 0 amide bonds. The van der Waals surface area contributed by atoms with E-state index in [1.807, 2.05) is 13.8 Å². The number of aryl methyl sites for hydroxylation is 1. The van der Waals surface area contributed by atoms with Crippen molar-refractivity contribution in [1.29, 1.82) is 0 Å². The van der Waals surface area contributed by atoms with Gasteiger partial charge in [0.1, 0.15) is 11.8 Å². The van der Waals surface area contributed by atoms with E-state index in [0.717, 1.165) is 6.07 Å². The van der Waals surface area contributed by atoms with Crippen molar-refractivity contribution in [2.75, 3.05) is 6.61 Å². The van der Waals surface area contributed by atoms with Crippen LogP contribution in [0.25, 0.3) is 0 Å². The third-order valence-electron chi connectivity index (χ3n) is 2.68. The van der Waals surface area contributed by atoms with Crippen molar-refractivity contribution in [3.63, 3.8) is 0 Å². The first-order chi connectivity index (χ1) is 8.63. The predicted molar refractivity (Wildman–Crippen MR) is 67.7 cm³/mol. The first-order valence-corrected chi connectivity index (χ1v) is 6.24. The number of carbonyl (C=O) groups is 1. The number of nitrogens with zero attached hydrogens (tertiary/aromatic N) is 1. The normalized spacial score (nSPS) is 16.5. The lowest BCUT2D eigenvalue weighted by atomic mass is 10.2. The smallest absolute Gasteiger partial charge is 0.329 e. The van der Waals surface area contributed by atoms with Crippen molar-refractivity contribution in [3.05, 3.63) is 28.2 Å². The molecule has 2 rings (SSSR count). The van der Waals surface area contributed by atoms with Gasteiger partial charge in [0.25, 0.3) is 5.56 Å². The maximum atomic E-state index is 11.6. The number of aromatic nitrogens is 1. The van der Waals surface area contributed by atoms with Crippen LogP contribution in [-0.4, -0.2) is 22.2 Å². The van der Waals surface area contributed by atoms with E-state index in [1.54, 1.807) is 6.92 Å². The largest absolute Gasteiger partial charge is 0.508 e. The SMILES string of the molecule is CC.CCOC(=O)C1CCc2cc(O)cc(=O)n21. The van der Waals surface area contributed by atoms with Crippen LogP contribution in [-0.2, 0) is 16.0 Å². The van der Waals surface area contributed by atoms with E-state index in [2.05, 4.69) is 0 Å². The van der Waals surface area contributed by atoms with Gasteiger partial charge in [-0.25, -0.2) is 4.79 Å². The van der Waals surface area contributed by atoms with Gasteiger partial charge in [-0.1, -0.05) is 13.8 Å². The van der Waals surface area contributed by atoms with E-state index in [4.69, 9.17) is 4.74 Å². The molecule has 18 heavy (non-hydrogen) atoms. The number of hydrogen-bond acceptors (Lipinski definition) is 4. The number of pyridine rings is 1. The number of aromatic hydroxyl groups is 1. The van der Waals surface area contributed by atoms with Gasteiger partial charge >= 0.3 is 5.97 Å². The molecule has 0 aliphatic carbocycles. The fourth-order valence-electron chi connectivity index (χ4n) is 2.04. The van der Waals surface area contributed by atoms with Crippen LogP contribution in [0.15, 0.2) is 16.9 Å². The lowest BCUT2D eigenvalue weighted by molar-refractivity contribution is -0.147. The average Bonchev–Trinajstić information content (AvgIpc) is 2.76. The molecule has 5 nitrogen and oxygen atoms in total. The fourth-order valence-corrected chi connectivity index (χ4v) is 2.04. The lowest BCUT2D eigenvalue weighted by Gasteiger charge is -2.12. The Morgan fingerprint density at radius 3 is 2.78 bits per heavy atom. The summed E-state index contributed by atoms with van der Waals surface area (Å²) in [7, 11) is 0. The lowest BCUT2D eigenvalue weighted by Crippen LogP contribution is -2.28. The molecule has 5 heteroatoms. The molecule has 0 saturated carbocycles. The zero-order valence-corrected chi connectivity index (χ0v) is 11.0. The molecular weight excluding hydrogens is 234 g/mol. The van der Waals surface area contributed by atoms with Crippen molar-refractivity contribution >= 4 is 5.97 Å². The van der Waals surface area contributed by atoms with Crippen LogP contribution >= 0.6 is 0 Å². The van der Waals surface area contributed by atoms with Crippen LogP contribution in [0.1, 0.15) is 38.9 Å². The standard InChI is InChI=1S/C11H13NO4.C2H6/c1-2-16-11(15)9-4-3-7-5-8(13)6-10(14)12(7)9;1-2/h5-6,9,13H,2-4H2,1H3;1-2H3. The summed E-state index contributed by atoms with van der Waals surface area (Å²) in [5, 5.41) is 9.28. The molecule has 1 aromatic heterocycles. The minimum atomic E-state index is -0.539. The molecule has 100 valence electrons. The first-order valence-electron chi connectivity index (χ1n) is 6.24. The van der Waals surface area contributed by atoms with Crippen LogP contribution < -0.4 is 5.56 Å². The second kappa shape index (κ2) is 6.23. The molecule has 1 atom stereocenters. The fraction of sp³-hybridized carbons (Fsp3) is 0.538. The highest BCUT2D eigenvalue weighted by Gasteiger charge is 2.30. The molecule has 0 bridgehead atoms. The summed E-state index contributed by atoms with van der Waals surface area (Å²) in [6.45, 7) is 6.03. The van der Waals surface area contributed by atoms with E-state index in [-0.39, 0.29) is 17.3 Å². The Kier molecular flexibility index (Phi) is 4.95. The quantitative estimate of drug-likeness (QED) is 0.813. The van der Waals surface area contributed by atoms with Gasteiger partial charge in [0.15, 0.2) is 0 Å². The van der Waals surface area contributed by atoms with Crippen molar-refractivity contribution < 1.29 is 14.6 Å². The minimum Gasteiger partial charge on any atom is -0.508 e. The van der Waals surface area contributed by atoms with Gasteiger partial charge in [0, 0.05) is 11.8 Å². The molecule has 0 spiro atoms. The Morgan fingerprint density at radius 2 is 2.17 bits per heavy atom. The van der Waals surface area contributed by atoms with Gasteiger partial charge in [-0.05, 0) is 25.8 Å². The summed E-state index contributed by atoms with van der Waals surface area (Å²) < 4.78 is 6.31. The highest BCUT2D eigenvalue weighted by molar-refractivity contribution is 5.75. The van der Waals surface area contributed by atoms with Crippen molar-refractivity contribution in [1.82, 2.24) is 4.57 Å². The predicted octanol–water partition coefficient (Wildman–Crippen LogP) is 1.63. The molecule has 0 radical (unpaired) electrons. The molecule has 1 unspecified atom stereocenters. The molecule has 0 aromatic carbocycles. The molecule has 1 aromatic rings. The molecule has 2 heterocycles. The average molecular weight is 253 g/mol. The van der Waals surface area contributed by atoms with Gasteiger partial charge in [0.2, 0.25) is 0 Å². The van der Waals surface area contributed by atoms with E-state index in [1.165, 1.54) is 10.6 Å². The van der Waals surface area contributed by atoms with Gasteiger partial charge in [-0.3, -0.25) is 9.36 Å². The number of carbonyl (C=O) groups excluding carboxylic acids is 1. The molecule has 1 N–H and O–H groups in total. The maximum Gasteiger partial charge on any atom is 0.329 e. The van der Waals surface area contributed by atoms with Crippen LogP contribution in [0.2, 0.25) is 0 Å².